The molecule has 13 heavy (non-hydrogen) atoms. The smallest absolute Gasteiger partial charge is 0.321 e. The van der Waals surface area contributed by atoms with E-state index in [1.54, 1.807) is 12.1 Å². The van der Waals surface area contributed by atoms with Gasteiger partial charge in [0.1, 0.15) is 0 Å². The number of carbonyl (C=O) groups is 1. The summed E-state index contributed by atoms with van der Waals surface area (Å²) in [6, 6.07) is 3.03. The first-order chi connectivity index (χ1) is 6.33. The van der Waals surface area contributed by atoms with Gasteiger partial charge in [-0.15, -0.1) is 12.3 Å². The minimum atomic E-state index is -0.315. The fraction of sp³-hybridized carbons (Fsp3) is 0.222. The minimum Gasteiger partial charge on any atom is -0.449 e. The van der Waals surface area contributed by atoms with E-state index in [-0.39, 0.29) is 6.03 Å². The highest BCUT2D eigenvalue weighted by atomic mass is 16.3. The maximum atomic E-state index is 11.0. The van der Waals surface area contributed by atoms with Gasteiger partial charge in [0.05, 0.1) is 6.26 Å². The van der Waals surface area contributed by atoms with Gasteiger partial charge in [-0.2, -0.15) is 0 Å². The van der Waals surface area contributed by atoms with Crippen molar-refractivity contribution in [2.24, 2.45) is 0 Å². The van der Waals surface area contributed by atoms with Crippen molar-refractivity contribution in [3.8, 4) is 12.3 Å². The molecule has 0 saturated heterocycles. The second-order valence-electron chi connectivity index (χ2n) is 2.31. The first-order valence-electron chi connectivity index (χ1n) is 3.85. The molecule has 0 atom stereocenters. The van der Waals surface area contributed by atoms with Crippen molar-refractivity contribution in [2.75, 3.05) is 11.9 Å². The lowest BCUT2D eigenvalue weighted by Gasteiger charge is -2.02. The Kier molecular flexibility index (Phi) is 3.45. The van der Waals surface area contributed by atoms with Crippen LogP contribution in [0.2, 0.25) is 0 Å². The topological polar surface area (TPSA) is 54.3 Å². The maximum absolute atomic E-state index is 11.0. The van der Waals surface area contributed by atoms with Crippen LogP contribution in [0, 0.1) is 12.3 Å². The number of carbonyl (C=O) groups excluding carboxylic acids is 1. The van der Waals surface area contributed by atoms with Crippen molar-refractivity contribution >= 4 is 11.9 Å². The van der Waals surface area contributed by atoms with Gasteiger partial charge < -0.3 is 9.73 Å². The number of urea groups is 1. The van der Waals surface area contributed by atoms with Crippen molar-refractivity contribution in [3.63, 3.8) is 0 Å². The Morgan fingerprint density at radius 2 is 2.54 bits per heavy atom. The summed E-state index contributed by atoms with van der Waals surface area (Å²) in [7, 11) is 0. The van der Waals surface area contributed by atoms with E-state index in [9.17, 15) is 4.79 Å². The summed E-state index contributed by atoms with van der Waals surface area (Å²) in [5, 5.41) is 5.06. The van der Waals surface area contributed by atoms with Crippen molar-refractivity contribution in [1.29, 1.82) is 0 Å². The third kappa shape index (κ3) is 3.34. The molecular weight excluding hydrogens is 168 g/mol. The van der Waals surface area contributed by atoms with E-state index >= 15 is 0 Å². The Labute approximate surface area is 76.3 Å². The van der Waals surface area contributed by atoms with Crippen LogP contribution in [-0.2, 0) is 0 Å². The summed E-state index contributed by atoms with van der Waals surface area (Å²) in [5.74, 6) is 2.83. The molecule has 0 aliphatic rings. The molecule has 4 heteroatoms. The van der Waals surface area contributed by atoms with E-state index in [0.29, 0.717) is 18.8 Å². The molecule has 0 aliphatic heterocycles. The second-order valence-corrected chi connectivity index (χ2v) is 2.31. The lowest BCUT2D eigenvalue weighted by molar-refractivity contribution is 0.252. The zero-order valence-corrected chi connectivity index (χ0v) is 7.04. The molecule has 0 fully saturated rings. The highest BCUT2D eigenvalue weighted by Gasteiger charge is 2.00. The summed E-state index contributed by atoms with van der Waals surface area (Å²) in [4.78, 5) is 11.0. The average molecular weight is 178 g/mol. The number of hydrogen-bond acceptors (Lipinski definition) is 2. The van der Waals surface area contributed by atoms with Gasteiger partial charge in [0.25, 0.3) is 0 Å². The predicted molar refractivity (Wildman–Crippen MR) is 49.2 cm³/mol. The van der Waals surface area contributed by atoms with Gasteiger partial charge in [-0.25, -0.2) is 4.79 Å². The molecule has 0 unspecified atom stereocenters. The molecular formula is C9H10N2O2. The normalized spacial score (nSPS) is 8.85. The van der Waals surface area contributed by atoms with Crippen molar-refractivity contribution in [2.45, 2.75) is 6.42 Å². The highest BCUT2D eigenvalue weighted by Crippen LogP contribution is 2.05. The number of furan rings is 1. The van der Waals surface area contributed by atoms with Crippen LogP contribution in [0.5, 0.6) is 0 Å². The third-order valence-electron chi connectivity index (χ3n) is 1.31. The van der Waals surface area contributed by atoms with Crippen LogP contribution >= 0.6 is 0 Å². The Hall–Kier alpha value is -1.89. The molecule has 0 aromatic carbocycles. The van der Waals surface area contributed by atoms with E-state index in [2.05, 4.69) is 16.6 Å². The summed E-state index contributed by atoms with van der Waals surface area (Å²) in [6.07, 6.45) is 7.01. The number of rotatable bonds is 3. The molecule has 4 nitrogen and oxygen atoms in total. The lowest BCUT2D eigenvalue weighted by Crippen LogP contribution is -2.29. The van der Waals surface area contributed by atoms with Crippen molar-refractivity contribution < 1.29 is 9.21 Å². The van der Waals surface area contributed by atoms with Crippen LogP contribution in [0.3, 0.4) is 0 Å². The number of amides is 2. The molecule has 1 rings (SSSR count). The quantitative estimate of drug-likeness (QED) is 0.543. The monoisotopic (exact) mass is 178 g/mol. The summed E-state index contributed by atoms with van der Waals surface area (Å²) >= 11 is 0. The van der Waals surface area contributed by atoms with E-state index < -0.39 is 0 Å². The largest absolute Gasteiger partial charge is 0.449 e. The van der Waals surface area contributed by atoms with E-state index in [1.807, 2.05) is 0 Å². The van der Waals surface area contributed by atoms with Crippen molar-refractivity contribution in [1.82, 2.24) is 5.32 Å². The Bertz CT molecular complexity index is 298. The van der Waals surface area contributed by atoms with E-state index in [4.69, 9.17) is 10.8 Å². The molecule has 0 saturated carbocycles. The molecule has 2 N–H and O–H groups in total. The number of terminal acetylenes is 1. The summed E-state index contributed by atoms with van der Waals surface area (Å²) in [6.45, 7) is 0.461. The molecule has 1 aromatic heterocycles. The highest BCUT2D eigenvalue weighted by molar-refractivity contribution is 5.87. The molecule has 0 spiro atoms. The third-order valence-corrected chi connectivity index (χ3v) is 1.31. The van der Waals surface area contributed by atoms with Gasteiger partial charge in [-0.05, 0) is 6.07 Å². The minimum absolute atomic E-state index is 0.315. The van der Waals surface area contributed by atoms with Gasteiger partial charge in [-0.1, -0.05) is 0 Å². The van der Waals surface area contributed by atoms with Gasteiger partial charge in [0.15, 0.2) is 0 Å². The first-order valence-corrected chi connectivity index (χ1v) is 3.85. The zero-order valence-electron chi connectivity index (χ0n) is 7.04. The number of nitrogens with one attached hydrogen (secondary N) is 2. The standard InChI is InChI=1S/C9H10N2O2/c1-2-3-6-10-9(12)11-8-5-4-7-13-8/h1,4-5,7H,3,6H2,(H2,10,11,12). The Balaban J connectivity index is 2.23. The van der Waals surface area contributed by atoms with Gasteiger partial charge in [0, 0.05) is 19.0 Å². The van der Waals surface area contributed by atoms with Crippen LogP contribution in [0.1, 0.15) is 6.42 Å². The zero-order chi connectivity index (χ0) is 9.52. The molecule has 68 valence electrons. The fourth-order valence-corrected chi connectivity index (χ4v) is 0.754. The van der Waals surface area contributed by atoms with Crippen LogP contribution in [0.4, 0.5) is 10.7 Å². The van der Waals surface area contributed by atoms with E-state index in [0.717, 1.165) is 0 Å². The summed E-state index contributed by atoms with van der Waals surface area (Å²) < 4.78 is 4.90. The van der Waals surface area contributed by atoms with Crippen LogP contribution in [0.25, 0.3) is 0 Å². The molecule has 0 radical (unpaired) electrons. The summed E-state index contributed by atoms with van der Waals surface area (Å²) in [5.41, 5.74) is 0. The fourth-order valence-electron chi connectivity index (χ4n) is 0.754. The SMILES string of the molecule is C#CCCNC(=O)Nc1ccco1. The molecule has 0 bridgehead atoms. The molecule has 2 amide bonds. The second kappa shape index (κ2) is 4.88. The van der Waals surface area contributed by atoms with Crippen LogP contribution < -0.4 is 10.6 Å². The van der Waals surface area contributed by atoms with Crippen molar-refractivity contribution in [3.05, 3.63) is 18.4 Å². The van der Waals surface area contributed by atoms with Crippen LogP contribution in [-0.4, -0.2) is 12.6 Å². The molecule has 0 aliphatic carbocycles. The number of hydrogen-bond donors (Lipinski definition) is 2. The Morgan fingerprint density at radius 1 is 1.69 bits per heavy atom. The average Bonchev–Trinajstić information content (AvgIpc) is 2.57. The van der Waals surface area contributed by atoms with Gasteiger partial charge in [-0.3, -0.25) is 5.32 Å². The van der Waals surface area contributed by atoms with E-state index in [1.165, 1.54) is 6.26 Å². The molecule has 1 heterocycles. The van der Waals surface area contributed by atoms with Gasteiger partial charge >= 0.3 is 6.03 Å². The number of anilines is 1. The predicted octanol–water partition coefficient (Wildman–Crippen LogP) is 1.42. The molecule has 1 aromatic rings. The van der Waals surface area contributed by atoms with Gasteiger partial charge in [0.2, 0.25) is 5.88 Å². The maximum Gasteiger partial charge on any atom is 0.321 e. The first kappa shape index (κ1) is 9.20. The Morgan fingerprint density at radius 3 is 3.15 bits per heavy atom. The lowest BCUT2D eigenvalue weighted by atomic mass is 10.4. The van der Waals surface area contributed by atoms with Crippen LogP contribution in [0.15, 0.2) is 22.8 Å².